The second kappa shape index (κ2) is 16.8. The van der Waals surface area contributed by atoms with Gasteiger partial charge in [-0.15, -0.1) is 0 Å². The number of imidazole rings is 2. The lowest BCUT2D eigenvalue weighted by Gasteiger charge is -2.33. The number of ether oxygens (including phenoxy) is 2. The van der Waals surface area contributed by atoms with Gasteiger partial charge < -0.3 is 59.4 Å². The van der Waals surface area contributed by atoms with Crippen molar-refractivity contribution >= 4 is 49.5 Å². The number of Topliss-reactive ketones (excluding diaryl/α,β-unsaturated/α-hetero) is 1. The van der Waals surface area contributed by atoms with Gasteiger partial charge in [0.25, 0.3) is 5.47 Å². The van der Waals surface area contributed by atoms with Crippen LogP contribution in [0.25, 0.3) is 22.3 Å². The van der Waals surface area contributed by atoms with Crippen molar-refractivity contribution in [1.29, 1.82) is 0 Å². The fraction of sp³-hybridized carbons (Fsp3) is 0.571. The van der Waals surface area contributed by atoms with Crippen molar-refractivity contribution in [1.82, 2.24) is 39.0 Å². The number of nitrogens with zero attached hydrogens (tertiary/aromatic N) is 7. The molecule has 0 bridgehead atoms. The van der Waals surface area contributed by atoms with E-state index in [1.165, 1.54) is 10.9 Å². The lowest BCUT2D eigenvalue weighted by molar-refractivity contribution is -0.147. The number of hydrogen-bond acceptors (Lipinski definition) is 20. The monoisotopic (exact) mass is 836 g/mol. The third-order valence-electron chi connectivity index (χ3n) is 8.63. The van der Waals surface area contributed by atoms with Crippen molar-refractivity contribution < 1.29 is 82.6 Å². The summed E-state index contributed by atoms with van der Waals surface area (Å²) in [4.78, 5) is 85.7. The number of carbonyl (C=O) groups is 2. The molecule has 2 unspecified atom stereocenters. The fourth-order valence-electron chi connectivity index (χ4n) is 5.94. The summed E-state index contributed by atoms with van der Waals surface area (Å²) in [6.45, 7) is 2.74. The summed E-state index contributed by atoms with van der Waals surface area (Å²) < 4.78 is 46.0. The fourth-order valence-corrected chi connectivity index (χ4v) is 7.86. The topological polar surface area (TPSA) is 394 Å². The molecule has 2 saturated heterocycles. The first-order valence-electron chi connectivity index (χ1n) is 16.6. The van der Waals surface area contributed by atoms with Gasteiger partial charge >= 0.3 is 26.9 Å². The predicted octanol–water partition coefficient (Wildman–Crippen LogP) is -2.63. The number of nitrogens with one attached hydrogen (secondary N) is 1. The molecule has 0 radical (unpaired) electrons. The number of carbonyl (C=O) groups excluding carboxylic acids is 2. The number of aromatic hydroxyl groups is 1. The molecule has 10 N–H and O–H groups in total. The average Bonchev–Trinajstić information content (AvgIpc) is 3.89. The Kier molecular flexibility index (Phi) is 12.9. The second-order valence-electron chi connectivity index (χ2n) is 12.4. The normalized spacial score (nSPS) is 28.1. The van der Waals surface area contributed by atoms with Gasteiger partial charge in [0.15, 0.2) is 28.7 Å². The summed E-state index contributed by atoms with van der Waals surface area (Å²) in [5, 5.41) is 61.2. The van der Waals surface area contributed by atoms with E-state index in [0.29, 0.717) is 17.4 Å². The van der Waals surface area contributed by atoms with E-state index in [1.807, 2.05) is 0 Å². The molecule has 10 atom stereocenters. The van der Waals surface area contributed by atoms with Gasteiger partial charge in [-0.25, -0.2) is 19.5 Å². The molecule has 56 heavy (non-hydrogen) atoms. The van der Waals surface area contributed by atoms with E-state index in [9.17, 15) is 68.8 Å². The van der Waals surface area contributed by atoms with Crippen molar-refractivity contribution in [3.8, 4) is 5.88 Å². The Balaban J connectivity index is 0.000000214. The van der Waals surface area contributed by atoms with Crippen LogP contribution in [0.3, 0.4) is 0 Å². The lowest BCUT2D eigenvalue weighted by Crippen LogP contribution is -2.45. The Labute approximate surface area is 313 Å². The van der Waals surface area contributed by atoms with Crippen LogP contribution in [0, 0.1) is 0 Å². The Hall–Kier alpha value is -4.14. The van der Waals surface area contributed by atoms with Crippen LogP contribution in [0.1, 0.15) is 45.8 Å². The zero-order chi connectivity index (χ0) is 41.3. The predicted molar refractivity (Wildman–Crippen MR) is 181 cm³/mol. The molecule has 0 aliphatic carbocycles. The number of rotatable bonds is 13. The number of aromatic amines is 1. The average molecular weight is 837 g/mol. The van der Waals surface area contributed by atoms with Crippen LogP contribution in [-0.2, 0) is 42.7 Å². The number of aromatic nitrogens is 8. The summed E-state index contributed by atoms with van der Waals surface area (Å²) >= 11 is 0. The van der Waals surface area contributed by atoms with Crippen LogP contribution in [0.2, 0.25) is 0 Å². The molecule has 2 fully saturated rings. The number of H-pyrrole nitrogens is 1. The molecule has 4 aromatic heterocycles. The maximum Gasteiger partial charge on any atom is 0.529 e. The van der Waals surface area contributed by atoms with Crippen LogP contribution < -0.4 is 5.56 Å². The molecule has 0 amide bonds. The number of fused-ring (bicyclic) bond motifs is 2. The maximum atomic E-state index is 12.4. The Morgan fingerprint density at radius 1 is 0.964 bits per heavy atom. The number of ketones is 1. The van der Waals surface area contributed by atoms with E-state index >= 15 is 0 Å². The van der Waals surface area contributed by atoms with Gasteiger partial charge in [0.05, 0.1) is 19.3 Å². The highest BCUT2D eigenvalue weighted by atomic mass is 31.2. The molecule has 2 aliphatic rings. The summed E-state index contributed by atoms with van der Waals surface area (Å²) in [5.74, 6) is -2.22. The van der Waals surface area contributed by atoms with Gasteiger partial charge in [-0.2, -0.15) is 9.97 Å². The van der Waals surface area contributed by atoms with E-state index in [-0.39, 0.29) is 35.2 Å². The molecule has 0 aromatic carbocycles. The zero-order valence-electron chi connectivity index (χ0n) is 29.2. The highest BCUT2D eigenvalue weighted by Crippen LogP contribution is 2.61. The molecule has 28 heteroatoms. The molecule has 26 nitrogen and oxygen atoms in total. The maximum absolute atomic E-state index is 12.4. The number of hydrogen-bond donors (Lipinski definition) is 10. The highest BCUT2D eigenvalue weighted by molar-refractivity contribution is 7.52. The number of aliphatic hydroxyl groups is 5. The van der Waals surface area contributed by atoms with E-state index in [2.05, 4.69) is 34.4 Å². The van der Waals surface area contributed by atoms with Crippen molar-refractivity contribution in [2.75, 3.05) is 6.61 Å². The van der Waals surface area contributed by atoms with E-state index in [0.717, 1.165) is 19.0 Å². The van der Waals surface area contributed by atoms with Crippen LogP contribution >= 0.6 is 15.4 Å². The minimum absolute atomic E-state index is 0.00943. The molecule has 6 heterocycles. The number of phosphoric acid groups is 1. The van der Waals surface area contributed by atoms with Crippen molar-refractivity contribution in [3.63, 3.8) is 0 Å². The van der Waals surface area contributed by atoms with Gasteiger partial charge in [-0.1, -0.05) is 13.8 Å². The third-order valence-corrected chi connectivity index (χ3v) is 11.0. The Morgan fingerprint density at radius 3 is 2.30 bits per heavy atom. The van der Waals surface area contributed by atoms with Crippen molar-refractivity contribution in [2.24, 2.45) is 0 Å². The molecule has 308 valence electrons. The molecular formula is C28H38N8O18P2. The Bertz CT molecular complexity index is 2210. The quantitative estimate of drug-likeness (QED) is 0.0616. The van der Waals surface area contributed by atoms with Crippen LogP contribution in [-0.4, -0.2) is 145 Å². The van der Waals surface area contributed by atoms with Crippen LogP contribution in [0.5, 0.6) is 5.88 Å². The first-order valence-corrected chi connectivity index (χ1v) is 19.7. The smallest absolute Gasteiger partial charge is 0.492 e. The summed E-state index contributed by atoms with van der Waals surface area (Å²) in [5.41, 5.74) is -3.87. The van der Waals surface area contributed by atoms with E-state index in [4.69, 9.17) is 14.0 Å². The first kappa shape index (κ1) is 43.0. The third kappa shape index (κ3) is 8.15. The minimum atomic E-state index is -5.44. The highest BCUT2D eigenvalue weighted by Gasteiger charge is 2.67. The molecule has 0 saturated carbocycles. The summed E-state index contributed by atoms with van der Waals surface area (Å²) in [7, 11) is -10.1. The molecule has 6 rings (SSSR count). The van der Waals surface area contributed by atoms with E-state index < -0.39 is 99.6 Å². The van der Waals surface area contributed by atoms with Crippen molar-refractivity contribution in [3.05, 3.63) is 35.7 Å². The van der Waals surface area contributed by atoms with Crippen LogP contribution in [0.4, 0.5) is 0 Å². The molecular weight excluding hydrogens is 798 g/mol. The van der Waals surface area contributed by atoms with Gasteiger partial charge in [0, 0.05) is 12.8 Å². The van der Waals surface area contributed by atoms with E-state index in [1.54, 1.807) is 13.8 Å². The standard InChI is InChI=1S/2C14H19N4O9P/c1-2-3-8(19)27-28(23,24)25-4-7-10(20)11(21)14(26-7)18-6-17-9-12(18)15-5-16-13(9)22;1-2-3-6(19)8(20)10-9(21)11(22)14(27-10,28(24,25)26)18-5-17-7-12(18)15-4-16-13(7)23/h5-7,10-11,14,20-21H,2-4H2,1H3,(H,23,24)(H,15,16,22);4-5,8-11,20-22H,2-3H2,1H3,(H,15,16,23)(H2,24,25,26)/t7-,10+,11-,14-;8?,9-,10-,11-,14+/m11/s1. The largest absolute Gasteiger partial charge is 0.529 e. The first-order chi connectivity index (χ1) is 26.3. The summed E-state index contributed by atoms with van der Waals surface area (Å²) in [6.07, 6.45) is -8.59. The molecule has 4 aromatic rings. The lowest BCUT2D eigenvalue weighted by atomic mass is 10.00. The summed E-state index contributed by atoms with van der Waals surface area (Å²) in [6, 6.07) is 0. The molecule has 2 aliphatic heterocycles. The second-order valence-corrected chi connectivity index (χ2v) is 15.6. The zero-order valence-corrected chi connectivity index (χ0v) is 31.0. The Morgan fingerprint density at radius 2 is 1.64 bits per heavy atom. The van der Waals surface area contributed by atoms with Gasteiger partial charge in [0.1, 0.15) is 61.0 Å². The van der Waals surface area contributed by atoms with Crippen molar-refractivity contribution in [2.45, 2.75) is 94.0 Å². The van der Waals surface area contributed by atoms with Gasteiger partial charge in [-0.3, -0.25) is 37.5 Å². The number of aliphatic hydroxyl groups excluding tert-OH is 5. The molecule has 0 spiro atoms. The van der Waals surface area contributed by atoms with Gasteiger partial charge in [0.2, 0.25) is 5.88 Å². The SMILES string of the molecule is CCCC(=O)C(O)[C@H]1O[C@](n2cnc3c(O)ncnc32)(P(=O)(O)O)[C@H](O)[C@@H]1O.CCCC(=O)OP(=O)(O)OC[C@H]1O[C@@H](n2cnc3c(=O)nc[nH]c32)[C@H](O)[C@H]1O. The number of phosphoric ester groups is 1. The minimum Gasteiger partial charge on any atom is -0.492 e. The van der Waals surface area contributed by atoms with Gasteiger partial charge in [-0.05, 0) is 12.8 Å². The van der Waals surface area contributed by atoms with Crippen LogP contribution in [0.15, 0.2) is 30.1 Å².